The van der Waals surface area contributed by atoms with E-state index in [1.807, 2.05) is 0 Å². The molecular weight excluding hydrogens is 248 g/mol. The van der Waals surface area contributed by atoms with E-state index in [1.165, 1.54) is 18.9 Å². The molecule has 102 valence electrons. The molecule has 6 nitrogen and oxygen atoms in total. The molecule has 1 aromatic carbocycles. The highest BCUT2D eigenvalue weighted by atomic mass is 16.4. The average molecular weight is 264 g/mol. The first-order chi connectivity index (χ1) is 8.90. The molecule has 0 aliphatic rings. The van der Waals surface area contributed by atoms with Crippen LogP contribution in [0.4, 0.5) is 5.69 Å². The first-order valence-corrected chi connectivity index (χ1v) is 5.75. The first kappa shape index (κ1) is 14.7. The monoisotopic (exact) mass is 264 g/mol. The van der Waals surface area contributed by atoms with Gasteiger partial charge in [-0.05, 0) is 18.2 Å². The number of carbonyl (C=O) groups is 3. The molecule has 19 heavy (non-hydrogen) atoms. The summed E-state index contributed by atoms with van der Waals surface area (Å²) in [6, 6.07) is 6.50. The highest BCUT2D eigenvalue weighted by Crippen LogP contribution is 2.12. The fourth-order valence-corrected chi connectivity index (χ4v) is 1.52. The lowest BCUT2D eigenvalue weighted by Gasteiger charge is -2.16. The number of aliphatic carboxylic acids is 1. The second-order valence-electron chi connectivity index (χ2n) is 4.13. The fourth-order valence-electron chi connectivity index (χ4n) is 1.52. The van der Waals surface area contributed by atoms with Gasteiger partial charge < -0.3 is 15.3 Å². The third-order valence-corrected chi connectivity index (χ3v) is 2.44. The van der Waals surface area contributed by atoms with Gasteiger partial charge in [-0.2, -0.15) is 0 Å². The van der Waals surface area contributed by atoms with Crippen LogP contribution in [-0.4, -0.2) is 41.4 Å². The molecule has 0 radical (unpaired) electrons. The van der Waals surface area contributed by atoms with E-state index in [0.717, 1.165) is 0 Å². The molecule has 2 amide bonds. The van der Waals surface area contributed by atoms with Gasteiger partial charge in [0.15, 0.2) is 0 Å². The van der Waals surface area contributed by atoms with Crippen LogP contribution in [0.15, 0.2) is 24.3 Å². The minimum atomic E-state index is -0.952. The lowest BCUT2D eigenvalue weighted by Crippen LogP contribution is -2.29. The van der Waals surface area contributed by atoms with Crippen molar-refractivity contribution in [3.8, 4) is 0 Å². The van der Waals surface area contributed by atoms with Gasteiger partial charge in [0.05, 0.1) is 6.42 Å². The van der Waals surface area contributed by atoms with Crippen molar-refractivity contribution >= 4 is 23.5 Å². The summed E-state index contributed by atoms with van der Waals surface area (Å²) in [5.74, 6) is -1.45. The average Bonchev–Trinajstić information content (AvgIpc) is 2.34. The standard InChI is InChI=1S/C13H16N2O4/c1-9(16)14-11-5-3-4-10(8-11)13(19)15(2)7-6-12(17)18/h3-5,8H,6-7H2,1-2H3,(H,14,16)(H,17,18). The minimum Gasteiger partial charge on any atom is -0.481 e. The van der Waals surface area contributed by atoms with Crippen molar-refractivity contribution in [3.05, 3.63) is 29.8 Å². The maximum Gasteiger partial charge on any atom is 0.305 e. The molecule has 0 aromatic heterocycles. The number of nitrogens with one attached hydrogen (secondary N) is 1. The van der Waals surface area contributed by atoms with Gasteiger partial charge in [-0.15, -0.1) is 0 Å². The van der Waals surface area contributed by atoms with Crippen LogP contribution in [0.5, 0.6) is 0 Å². The molecule has 2 N–H and O–H groups in total. The first-order valence-electron chi connectivity index (χ1n) is 5.75. The van der Waals surface area contributed by atoms with Crippen molar-refractivity contribution < 1.29 is 19.5 Å². The lowest BCUT2D eigenvalue weighted by atomic mass is 10.1. The van der Waals surface area contributed by atoms with E-state index in [2.05, 4.69) is 5.32 Å². The van der Waals surface area contributed by atoms with E-state index >= 15 is 0 Å². The summed E-state index contributed by atoms with van der Waals surface area (Å²) < 4.78 is 0. The number of benzene rings is 1. The largest absolute Gasteiger partial charge is 0.481 e. The summed E-state index contributed by atoms with van der Waals surface area (Å²) in [6.45, 7) is 1.52. The lowest BCUT2D eigenvalue weighted by molar-refractivity contribution is -0.137. The smallest absolute Gasteiger partial charge is 0.305 e. The molecule has 0 unspecified atom stereocenters. The minimum absolute atomic E-state index is 0.104. The molecule has 0 bridgehead atoms. The van der Waals surface area contributed by atoms with Crippen molar-refractivity contribution in [2.24, 2.45) is 0 Å². The highest BCUT2D eigenvalue weighted by molar-refractivity contribution is 5.96. The van der Waals surface area contributed by atoms with Gasteiger partial charge in [0.2, 0.25) is 5.91 Å². The van der Waals surface area contributed by atoms with E-state index in [1.54, 1.807) is 24.3 Å². The third-order valence-electron chi connectivity index (χ3n) is 2.44. The van der Waals surface area contributed by atoms with Gasteiger partial charge in [0.25, 0.3) is 5.91 Å². The zero-order chi connectivity index (χ0) is 14.4. The van der Waals surface area contributed by atoms with Crippen LogP contribution in [0.1, 0.15) is 23.7 Å². The van der Waals surface area contributed by atoms with E-state index in [0.29, 0.717) is 11.3 Å². The third kappa shape index (κ3) is 4.79. The van der Waals surface area contributed by atoms with Gasteiger partial charge in [0.1, 0.15) is 0 Å². The number of hydrogen-bond acceptors (Lipinski definition) is 3. The summed E-state index contributed by atoms with van der Waals surface area (Å²) in [7, 11) is 1.54. The number of hydrogen-bond donors (Lipinski definition) is 2. The Bertz CT molecular complexity index is 499. The quantitative estimate of drug-likeness (QED) is 0.836. The summed E-state index contributed by atoms with van der Waals surface area (Å²) in [4.78, 5) is 34.7. The molecule has 0 fully saturated rings. The Balaban J connectivity index is 2.75. The van der Waals surface area contributed by atoms with Gasteiger partial charge >= 0.3 is 5.97 Å². The molecule has 0 saturated carbocycles. The molecule has 6 heteroatoms. The number of carbonyl (C=O) groups excluding carboxylic acids is 2. The fraction of sp³-hybridized carbons (Fsp3) is 0.308. The molecule has 0 atom stereocenters. The van der Waals surface area contributed by atoms with Crippen LogP contribution < -0.4 is 5.32 Å². The molecule has 0 aliphatic carbocycles. The Morgan fingerprint density at radius 2 is 2.00 bits per heavy atom. The number of rotatable bonds is 5. The normalized spacial score (nSPS) is 9.79. The van der Waals surface area contributed by atoms with Gasteiger partial charge in [-0.3, -0.25) is 14.4 Å². The molecule has 0 aliphatic heterocycles. The van der Waals surface area contributed by atoms with Gasteiger partial charge in [-0.25, -0.2) is 0 Å². The Kier molecular flexibility index (Phi) is 5.05. The highest BCUT2D eigenvalue weighted by Gasteiger charge is 2.13. The summed E-state index contributed by atoms with van der Waals surface area (Å²) in [6.07, 6.45) is -0.104. The van der Waals surface area contributed by atoms with Gasteiger partial charge in [0, 0.05) is 31.8 Å². The van der Waals surface area contributed by atoms with Crippen LogP contribution in [0, 0.1) is 0 Å². The van der Waals surface area contributed by atoms with Crippen LogP contribution in [0.25, 0.3) is 0 Å². The summed E-state index contributed by atoms with van der Waals surface area (Å²) in [5.41, 5.74) is 0.934. The molecule has 1 rings (SSSR count). The maximum absolute atomic E-state index is 12.0. The van der Waals surface area contributed by atoms with Crippen LogP contribution >= 0.6 is 0 Å². The van der Waals surface area contributed by atoms with Crippen molar-refractivity contribution in [1.82, 2.24) is 4.90 Å². The van der Waals surface area contributed by atoms with Crippen molar-refractivity contribution in [1.29, 1.82) is 0 Å². The Hall–Kier alpha value is -2.37. The van der Waals surface area contributed by atoms with Crippen LogP contribution in [0.2, 0.25) is 0 Å². The number of nitrogens with zero attached hydrogens (tertiary/aromatic N) is 1. The predicted octanol–water partition coefficient (Wildman–Crippen LogP) is 1.19. The number of anilines is 1. The summed E-state index contributed by atoms with van der Waals surface area (Å²) >= 11 is 0. The van der Waals surface area contributed by atoms with E-state index < -0.39 is 5.97 Å². The van der Waals surface area contributed by atoms with Crippen molar-refractivity contribution in [2.75, 3.05) is 18.9 Å². The second kappa shape index (κ2) is 6.53. The van der Waals surface area contributed by atoms with E-state index in [4.69, 9.17) is 5.11 Å². The predicted molar refractivity (Wildman–Crippen MR) is 70.0 cm³/mol. The van der Waals surface area contributed by atoms with Gasteiger partial charge in [-0.1, -0.05) is 6.07 Å². The Morgan fingerprint density at radius 1 is 1.32 bits per heavy atom. The molecular formula is C13H16N2O4. The molecule has 0 spiro atoms. The van der Waals surface area contributed by atoms with Crippen molar-refractivity contribution in [2.45, 2.75) is 13.3 Å². The second-order valence-corrected chi connectivity index (χ2v) is 4.13. The summed E-state index contributed by atoms with van der Waals surface area (Å²) in [5, 5.41) is 11.2. The number of amides is 2. The van der Waals surface area contributed by atoms with Crippen molar-refractivity contribution in [3.63, 3.8) is 0 Å². The van der Waals surface area contributed by atoms with E-state index in [9.17, 15) is 14.4 Å². The maximum atomic E-state index is 12.0. The number of carboxylic acid groups (broad SMARTS) is 1. The van der Waals surface area contributed by atoms with E-state index in [-0.39, 0.29) is 24.8 Å². The molecule has 0 heterocycles. The zero-order valence-electron chi connectivity index (χ0n) is 10.8. The SMILES string of the molecule is CC(=O)Nc1cccc(C(=O)N(C)CCC(=O)O)c1. The van der Waals surface area contributed by atoms with Crippen LogP contribution in [0.3, 0.4) is 0 Å². The number of carboxylic acids is 1. The molecule has 1 aromatic rings. The van der Waals surface area contributed by atoms with Crippen LogP contribution in [-0.2, 0) is 9.59 Å². The zero-order valence-corrected chi connectivity index (χ0v) is 10.8. The molecule has 0 saturated heterocycles. The Labute approximate surface area is 111 Å². The topological polar surface area (TPSA) is 86.7 Å². The Morgan fingerprint density at radius 3 is 2.58 bits per heavy atom.